The maximum Gasteiger partial charge on any atom is 0.150 e. The summed E-state index contributed by atoms with van der Waals surface area (Å²) >= 11 is 0. The van der Waals surface area contributed by atoms with Gasteiger partial charge in [0.25, 0.3) is 0 Å². The van der Waals surface area contributed by atoms with Crippen molar-refractivity contribution in [2.24, 2.45) is 0 Å². The van der Waals surface area contributed by atoms with E-state index >= 15 is 0 Å². The van der Waals surface area contributed by atoms with E-state index in [-0.39, 0.29) is 0 Å². The topological polar surface area (TPSA) is 46.2 Å². The van der Waals surface area contributed by atoms with Crippen LogP contribution in [0.5, 0.6) is 0 Å². The predicted molar refractivity (Wildman–Crippen MR) is 155 cm³/mol. The van der Waals surface area contributed by atoms with Crippen molar-refractivity contribution in [1.82, 2.24) is 0 Å². The van der Waals surface area contributed by atoms with E-state index in [4.69, 9.17) is 23.7 Å². The Labute approximate surface area is 236 Å². The molecule has 40 heavy (non-hydrogen) atoms. The van der Waals surface area contributed by atoms with E-state index in [1.807, 2.05) is 121 Å². The fourth-order valence-corrected chi connectivity index (χ4v) is 4.76. The van der Waals surface area contributed by atoms with Crippen molar-refractivity contribution in [2.75, 3.05) is 6.61 Å². The lowest BCUT2D eigenvalue weighted by Crippen LogP contribution is -2.56. The van der Waals surface area contributed by atoms with Crippen molar-refractivity contribution >= 4 is 0 Å². The number of hydrogen-bond acceptors (Lipinski definition) is 5. The van der Waals surface area contributed by atoms with Crippen LogP contribution in [-0.4, -0.2) is 31.0 Å². The second kappa shape index (κ2) is 14.6. The molecule has 0 aromatic heterocycles. The van der Waals surface area contributed by atoms with Crippen LogP contribution < -0.4 is 0 Å². The molecule has 4 aromatic rings. The van der Waals surface area contributed by atoms with E-state index < -0.39 is 24.4 Å². The largest absolute Gasteiger partial charge is 0.487 e. The molecule has 0 amide bonds. The Morgan fingerprint density at radius 1 is 0.500 bits per heavy atom. The van der Waals surface area contributed by atoms with Crippen LogP contribution in [0.2, 0.25) is 0 Å². The van der Waals surface area contributed by atoms with Gasteiger partial charge in [0.1, 0.15) is 24.1 Å². The summed E-state index contributed by atoms with van der Waals surface area (Å²) in [5.41, 5.74) is 4.30. The Balaban J connectivity index is 1.36. The van der Waals surface area contributed by atoms with Crippen LogP contribution in [-0.2, 0) is 50.1 Å². The van der Waals surface area contributed by atoms with E-state index in [1.54, 1.807) is 0 Å². The first-order valence-electron chi connectivity index (χ1n) is 13.7. The summed E-state index contributed by atoms with van der Waals surface area (Å²) in [6.45, 7) is 6.26. The maximum absolute atomic E-state index is 6.59. The van der Waals surface area contributed by atoms with Crippen molar-refractivity contribution < 1.29 is 23.7 Å². The van der Waals surface area contributed by atoms with Gasteiger partial charge >= 0.3 is 0 Å². The van der Waals surface area contributed by atoms with Gasteiger partial charge in [-0.2, -0.15) is 0 Å². The SMILES string of the molecule is C=C1OC(COCc2ccccc2)[C@H](OCc2ccccc2)[C@@H](OCc2ccccc2)C1OCc1ccccc1. The summed E-state index contributed by atoms with van der Waals surface area (Å²) in [5, 5.41) is 0. The second-order valence-electron chi connectivity index (χ2n) is 9.86. The fraction of sp³-hybridized carbons (Fsp3) is 0.257. The Bertz CT molecular complexity index is 1280. The molecule has 1 aliphatic heterocycles. The third-order valence-electron chi connectivity index (χ3n) is 6.85. The smallest absolute Gasteiger partial charge is 0.150 e. The highest BCUT2D eigenvalue weighted by Gasteiger charge is 2.46. The van der Waals surface area contributed by atoms with Crippen LogP contribution in [0, 0.1) is 0 Å². The van der Waals surface area contributed by atoms with E-state index in [9.17, 15) is 0 Å². The van der Waals surface area contributed by atoms with Crippen molar-refractivity contribution in [2.45, 2.75) is 50.8 Å². The molecular weight excluding hydrogens is 500 g/mol. The number of rotatable bonds is 13. The molecule has 4 aromatic carbocycles. The van der Waals surface area contributed by atoms with Gasteiger partial charge in [-0.3, -0.25) is 0 Å². The molecule has 0 aliphatic carbocycles. The first-order chi connectivity index (χ1) is 19.8. The Kier molecular flexibility index (Phi) is 10.1. The average Bonchev–Trinajstić information content (AvgIpc) is 3.01. The van der Waals surface area contributed by atoms with Crippen LogP contribution in [0.1, 0.15) is 22.3 Å². The summed E-state index contributed by atoms with van der Waals surface area (Å²) in [6, 6.07) is 40.4. The van der Waals surface area contributed by atoms with Crippen molar-refractivity contribution in [3.8, 4) is 0 Å². The monoisotopic (exact) mass is 536 g/mol. The van der Waals surface area contributed by atoms with E-state index in [2.05, 4.69) is 6.58 Å². The van der Waals surface area contributed by atoms with Gasteiger partial charge in [0.2, 0.25) is 0 Å². The zero-order valence-electron chi connectivity index (χ0n) is 22.6. The molecule has 2 unspecified atom stereocenters. The molecule has 1 saturated heterocycles. The number of ether oxygens (including phenoxy) is 5. The zero-order chi connectivity index (χ0) is 27.4. The predicted octanol–water partition coefficient (Wildman–Crippen LogP) is 6.87. The van der Waals surface area contributed by atoms with Crippen molar-refractivity contribution in [3.63, 3.8) is 0 Å². The van der Waals surface area contributed by atoms with E-state index in [0.29, 0.717) is 38.8 Å². The van der Waals surface area contributed by atoms with Crippen LogP contribution in [0.4, 0.5) is 0 Å². The first-order valence-corrected chi connectivity index (χ1v) is 13.7. The summed E-state index contributed by atoms with van der Waals surface area (Å²) in [5.74, 6) is 0.516. The van der Waals surface area contributed by atoms with Gasteiger partial charge < -0.3 is 23.7 Å². The van der Waals surface area contributed by atoms with Crippen LogP contribution in [0.3, 0.4) is 0 Å². The third-order valence-corrected chi connectivity index (χ3v) is 6.85. The molecule has 5 rings (SSSR count). The lowest BCUT2D eigenvalue weighted by atomic mass is 9.97. The second-order valence-corrected chi connectivity index (χ2v) is 9.86. The molecule has 0 spiro atoms. The normalized spacial score (nSPS) is 20.6. The molecule has 4 atom stereocenters. The minimum absolute atomic E-state index is 0.323. The molecule has 1 heterocycles. The van der Waals surface area contributed by atoms with Crippen molar-refractivity contribution in [1.29, 1.82) is 0 Å². The minimum Gasteiger partial charge on any atom is -0.487 e. The maximum atomic E-state index is 6.59. The summed E-state index contributed by atoms with van der Waals surface area (Å²) in [4.78, 5) is 0. The molecule has 0 N–H and O–H groups in total. The summed E-state index contributed by atoms with van der Waals surface area (Å²) in [6.07, 6.45) is -1.85. The molecule has 0 saturated carbocycles. The highest BCUT2D eigenvalue weighted by molar-refractivity contribution is 5.17. The molecule has 1 aliphatic rings. The molecule has 5 nitrogen and oxygen atoms in total. The quantitative estimate of drug-likeness (QED) is 0.187. The fourth-order valence-electron chi connectivity index (χ4n) is 4.76. The van der Waals surface area contributed by atoms with Gasteiger partial charge in [-0.15, -0.1) is 0 Å². The van der Waals surface area contributed by atoms with Crippen LogP contribution in [0.15, 0.2) is 134 Å². The van der Waals surface area contributed by atoms with E-state index in [1.165, 1.54) is 0 Å². The highest BCUT2D eigenvalue weighted by Crippen LogP contribution is 2.32. The minimum atomic E-state index is -0.518. The average molecular weight is 537 g/mol. The standard InChI is InChI=1S/C35H36O5/c1-27-33(37-23-29-16-8-3-9-17-29)35(39-25-31-20-12-5-13-21-31)34(38-24-30-18-10-4-11-19-30)32(40-27)26-36-22-28-14-6-2-7-15-28/h2-21,32-35H,1,22-26H2/t32?,33?,34-,35-/m0/s1. The van der Waals surface area contributed by atoms with Crippen LogP contribution >= 0.6 is 0 Å². The van der Waals surface area contributed by atoms with E-state index in [0.717, 1.165) is 22.3 Å². The Hall–Kier alpha value is -3.74. The van der Waals surface area contributed by atoms with Crippen LogP contribution in [0.25, 0.3) is 0 Å². The molecule has 0 radical (unpaired) electrons. The lowest BCUT2D eigenvalue weighted by molar-refractivity contribution is -0.223. The summed E-state index contributed by atoms with van der Waals surface area (Å²) in [7, 11) is 0. The molecule has 5 heteroatoms. The van der Waals surface area contributed by atoms with Crippen molar-refractivity contribution in [3.05, 3.63) is 156 Å². The molecule has 206 valence electrons. The zero-order valence-corrected chi connectivity index (χ0v) is 22.6. The molecule has 1 fully saturated rings. The number of benzene rings is 4. The van der Waals surface area contributed by atoms with Gasteiger partial charge in [0.15, 0.2) is 6.10 Å². The Morgan fingerprint density at radius 3 is 1.38 bits per heavy atom. The first kappa shape index (κ1) is 27.8. The van der Waals surface area contributed by atoms with Gasteiger partial charge in [0.05, 0.1) is 33.0 Å². The Morgan fingerprint density at radius 2 is 0.900 bits per heavy atom. The molecule has 0 bridgehead atoms. The number of hydrogen-bond donors (Lipinski definition) is 0. The lowest BCUT2D eigenvalue weighted by Gasteiger charge is -2.43. The highest BCUT2D eigenvalue weighted by atomic mass is 16.6. The van der Waals surface area contributed by atoms with Gasteiger partial charge in [-0.1, -0.05) is 128 Å². The van der Waals surface area contributed by atoms with Gasteiger partial charge in [0, 0.05) is 0 Å². The third kappa shape index (κ3) is 7.90. The van der Waals surface area contributed by atoms with Gasteiger partial charge in [-0.25, -0.2) is 0 Å². The molecular formula is C35H36O5. The van der Waals surface area contributed by atoms with Gasteiger partial charge in [-0.05, 0) is 22.3 Å². The summed E-state index contributed by atoms with van der Waals surface area (Å²) < 4.78 is 32.1.